The average molecular weight is 222 g/mol. The summed E-state index contributed by atoms with van der Waals surface area (Å²) >= 11 is 0. The van der Waals surface area contributed by atoms with Crippen molar-refractivity contribution in [3.63, 3.8) is 0 Å². The molecule has 1 aromatic carbocycles. The zero-order chi connectivity index (χ0) is 12.7. The number of ketones is 1. The second-order valence-electron chi connectivity index (χ2n) is 4.28. The van der Waals surface area contributed by atoms with Crippen LogP contribution in [0, 0.1) is 0 Å². The first-order valence-corrected chi connectivity index (χ1v) is 5.55. The summed E-state index contributed by atoms with van der Waals surface area (Å²) in [4.78, 5) is 13.8. The molecule has 16 heavy (non-hydrogen) atoms. The number of rotatable bonds is 7. The third-order valence-electron chi connectivity index (χ3n) is 2.47. The topological polar surface area (TPSA) is 46.3 Å². The van der Waals surface area contributed by atoms with E-state index in [1.165, 1.54) is 0 Å². The van der Waals surface area contributed by atoms with Gasteiger partial charge >= 0.3 is 0 Å². The summed E-state index contributed by atoms with van der Waals surface area (Å²) in [5.74, 6) is 0.231. The molecule has 1 rings (SSSR count). The minimum absolute atomic E-state index is 0.231. The normalized spacial score (nSPS) is 11.3. The van der Waals surface area contributed by atoms with Crippen molar-refractivity contribution in [1.82, 2.24) is 4.90 Å². The highest BCUT2D eigenvalue weighted by Crippen LogP contribution is 2.12. The lowest BCUT2D eigenvalue weighted by Crippen LogP contribution is -2.15. The van der Waals surface area contributed by atoms with Crippen LogP contribution in [0.25, 0.3) is 0 Å². The number of anilines is 1. The largest absolute Gasteiger partial charge is 0.398 e. The van der Waals surface area contributed by atoms with Gasteiger partial charge in [0.2, 0.25) is 0 Å². The zero-order valence-corrected chi connectivity index (χ0v) is 9.99. The van der Waals surface area contributed by atoms with E-state index < -0.39 is 0 Å². The molecule has 0 saturated heterocycles. The minimum Gasteiger partial charge on any atom is -0.398 e. The summed E-state index contributed by atoms with van der Waals surface area (Å²) in [6, 6.07) is 7.45. The van der Waals surface area contributed by atoms with Crippen LogP contribution in [0.5, 0.6) is 0 Å². The molecule has 1 aromatic rings. The molecule has 0 saturated carbocycles. The maximum Gasteiger partial charge on any atom is 0.156 e. The SMILES string of the molecule is [3H]Nc1ccccc1CC(=O)CCCN(C)C. The van der Waals surface area contributed by atoms with Crippen LogP contribution in [0.15, 0.2) is 24.3 Å². The van der Waals surface area contributed by atoms with Crippen molar-refractivity contribution in [2.24, 2.45) is 0 Å². The van der Waals surface area contributed by atoms with E-state index in [0.29, 0.717) is 18.5 Å². The average Bonchev–Trinajstić information content (AvgIpc) is 2.29. The van der Waals surface area contributed by atoms with Crippen LogP contribution in [0.1, 0.15) is 18.4 Å². The molecule has 0 heterocycles. The molecule has 3 heteroatoms. The molecular formula is C13H20N2O. The van der Waals surface area contributed by atoms with Crippen molar-refractivity contribution in [2.45, 2.75) is 19.3 Å². The quantitative estimate of drug-likeness (QED) is 0.715. The van der Waals surface area contributed by atoms with Gasteiger partial charge in [-0.25, -0.2) is 0 Å². The van der Waals surface area contributed by atoms with Gasteiger partial charge in [-0.05, 0) is 38.7 Å². The second kappa shape index (κ2) is 6.28. The Hall–Kier alpha value is -1.35. The molecule has 0 aliphatic heterocycles. The summed E-state index contributed by atoms with van der Waals surface area (Å²) in [5.41, 5.74) is 3.98. The van der Waals surface area contributed by atoms with Crippen LogP contribution in [-0.4, -0.2) is 31.3 Å². The maximum absolute atomic E-state index is 11.8. The highest BCUT2D eigenvalue weighted by atomic mass is 16.1. The van der Waals surface area contributed by atoms with Crippen LogP contribution >= 0.6 is 0 Å². The molecule has 0 atom stereocenters. The van der Waals surface area contributed by atoms with E-state index >= 15 is 0 Å². The Labute approximate surface area is 98.7 Å². The van der Waals surface area contributed by atoms with Gasteiger partial charge in [-0.1, -0.05) is 18.2 Å². The molecule has 2 N–H and O–H groups in total. The van der Waals surface area contributed by atoms with Crippen molar-refractivity contribution in [3.05, 3.63) is 29.8 Å². The molecule has 0 amide bonds. The summed E-state index contributed by atoms with van der Waals surface area (Å²) in [5, 5.41) is 0. The Morgan fingerprint density at radius 1 is 1.44 bits per heavy atom. The lowest BCUT2D eigenvalue weighted by Gasteiger charge is -2.08. The molecule has 88 valence electrons. The van der Waals surface area contributed by atoms with Crippen molar-refractivity contribution in [1.29, 1.82) is 0 Å². The van der Waals surface area contributed by atoms with E-state index in [1.807, 2.05) is 38.4 Å². The molecule has 0 radical (unpaired) electrons. The van der Waals surface area contributed by atoms with Gasteiger partial charge in [-0.2, -0.15) is 0 Å². The fraction of sp³-hybridized carbons (Fsp3) is 0.462. The highest BCUT2D eigenvalue weighted by Gasteiger charge is 2.06. The molecule has 0 unspecified atom stereocenters. The number of nitrogens with zero attached hydrogens (tertiary/aromatic N) is 1. The number of carbonyl (C=O) groups excluding carboxylic acids is 1. The molecular weight excluding hydrogens is 200 g/mol. The van der Waals surface area contributed by atoms with Crippen molar-refractivity contribution in [2.75, 3.05) is 26.4 Å². The Morgan fingerprint density at radius 2 is 2.19 bits per heavy atom. The van der Waals surface area contributed by atoms with E-state index in [0.717, 1.165) is 18.5 Å². The first-order valence-electron chi connectivity index (χ1n) is 6.05. The smallest absolute Gasteiger partial charge is 0.156 e. The fourth-order valence-corrected chi connectivity index (χ4v) is 1.57. The standard InChI is InChI=1S/C13H20N2O/c1-15(2)9-5-7-12(16)10-11-6-3-4-8-13(11)14/h3-4,6,8H,5,7,9-10,14H2,1-2H3/i/hT. The van der Waals surface area contributed by atoms with Crippen LogP contribution in [0.2, 0.25) is 1.41 Å². The third-order valence-corrected chi connectivity index (χ3v) is 2.47. The Kier molecular flexibility index (Phi) is 4.37. The number of nitrogens with two attached hydrogens (primary N) is 1. The number of hydrogen-bond donors (Lipinski definition) is 1. The lowest BCUT2D eigenvalue weighted by atomic mass is 10.0. The monoisotopic (exact) mass is 222 g/mol. The van der Waals surface area contributed by atoms with Crippen LogP contribution in [0.4, 0.5) is 5.69 Å². The predicted molar refractivity (Wildman–Crippen MR) is 67.4 cm³/mol. The van der Waals surface area contributed by atoms with E-state index in [-0.39, 0.29) is 5.78 Å². The minimum atomic E-state index is 0.231. The molecule has 0 aliphatic rings. The van der Waals surface area contributed by atoms with Gasteiger partial charge in [0, 0.05) is 18.5 Å². The zero-order valence-electron chi connectivity index (χ0n) is 11.0. The van der Waals surface area contributed by atoms with Gasteiger partial charge in [0.1, 0.15) is 5.78 Å². The highest BCUT2D eigenvalue weighted by molar-refractivity contribution is 5.82. The van der Waals surface area contributed by atoms with Gasteiger partial charge in [-0.3, -0.25) is 4.79 Å². The number of hydrogen-bond acceptors (Lipinski definition) is 3. The number of nitrogen functional groups attached to an aromatic ring is 1. The molecule has 0 bridgehead atoms. The third kappa shape index (κ3) is 4.45. The van der Waals surface area contributed by atoms with Gasteiger partial charge < -0.3 is 10.6 Å². The van der Waals surface area contributed by atoms with Gasteiger partial charge in [0.15, 0.2) is 1.41 Å². The molecule has 0 aliphatic carbocycles. The first-order chi connectivity index (χ1) is 8.13. The number of Topliss-reactive ketones (excluding diaryl/α,β-unsaturated/α-hetero) is 1. The number of para-hydroxylation sites is 1. The summed E-state index contributed by atoms with van der Waals surface area (Å²) in [6.07, 6.45) is 1.91. The van der Waals surface area contributed by atoms with Crippen molar-refractivity contribution in [3.8, 4) is 0 Å². The van der Waals surface area contributed by atoms with Crippen molar-refractivity contribution < 1.29 is 6.21 Å². The molecule has 0 spiro atoms. The summed E-state index contributed by atoms with van der Waals surface area (Å²) in [6.45, 7) is 0.935. The summed E-state index contributed by atoms with van der Waals surface area (Å²) in [7, 11) is 4.01. The molecule has 0 fully saturated rings. The van der Waals surface area contributed by atoms with E-state index in [4.69, 9.17) is 1.41 Å². The Bertz CT molecular complexity index is 366. The maximum atomic E-state index is 11.8. The molecule has 3 nitrogen and oxygen atoms in total. The van der Waals surface area contributed by atoms with E-state index in [9.17, 15) is 4.79 Å². The first kappa shape index (κ1) is 11.1. The Balaban J connectivity index is 2.45. The van der Waals surface area contributed by atoms with E-state index in [1.54, 1.807) is 0 Å². The summed E-state index contributed by atoms with van der Waals surface area (Å²) < 4.78 is 7.16. The fourth-order valence-electron chi connectivity index (χ4n) is 1.57. The number of carbonyl (C=O) groups is 1. The predicted octanol–water partition coefficient (Wildman–Crippen LogP) is 1.72. The molecule has 0 aromatic heterocycles. The second-order valence-corrected chi connectivity index (χ2v) is 4.28. The van der Waals surface area contributed by atoms with Crippen LogP contribution in [0.3, 0.4) is 0 Å². The van der Waals surface area contributed by atoms with Crippen molar-refractivity contribution >= 4 is 11.5 Å². The van der Waals surface area contributed by atoms with Gasteiger partial charge in [0.25, 0.3) is 0 Å². The van der Waals surface area contributed by atoms with E-state index in [2.05, 4.69) is 10.6 Å². The van der Waals surface area contributed by atoms with Crippen LogP contribution in [-0.2, 0) is 11.2 Å². The van der Waals surface area contributed by atoms with Crippen LogP contribution < -0.4 is 5.73 Å². The van der Waals surface area contributed by atoms with Gasteiger partial charge in [-0.15, -0.1) is 0 Å². The van der Waals surface area contributed by atoms with Gasteiger partial charge in [0.05, 0.1) is 0 Å². The lowest BCUT2D eigenvalue weighted by molar-refractivity contribution is -0.118. The Morgan fingerprint density at radius 3 is 2.88 bits per heavy atom. The number of benzene rings is 1.